The van der Waals surface area contributed by atoms with Crippen molar-refractivity contribution in [1.29, 1.82) is 0 Å². The van der Waals surface area contributed by atoms with Gasteiger partial charge in [0.2, 0.25) is 0 Å². The summed E-state index contributed by atoms with van der Waals surface area (Å²) >= 11 is 0. The molecule has 5 nitrogen and oxygen atoms in total. The zero-order chi connectivity index (χ0) is 16.8. The van der Waals surface area contributed by atoms with Crippen molar-refractivity contribution in [3.8, 4) is 11.3 Å². The average molecular weight is 324 g/mol. The first-order valence-corrected chi connectivity index (χ1v) is 8.63. The van der Waals surface area contributed by atoms with Crippen LogP contribution in [-0.2, 0) is 7.05 Å². The van der Waals surface area contributed by atoms with E-state index in [9.17, 15) is 4.79 Å². The molecule has 24 heavy (non-hydrogen) atoms. The Morgan fingerprint density at radius 3 is 2.50 bits per heavy atom. The fourth-order valence-corrected chi connectivity index (χ4v) is 4.52. The van der Waals surface area contributed by atoms with Crippen molar-refractivity contribution >= 4 is 11.6 Å². The number of carbonyl (C=O) groups is 1. The lowest BCUT2D eigenvalue weighted by molar-refractivity contribution is 0.0854. The molecule has 3 fully saturated rings. The van der Waals surface area contributed by atoms with Gasteiger partial charge in [-0.15, -0.1) is 0 Å². The molecule has 126 valence electrons. The van der Waals surface area contributed by atoms with Gasteiger partial charge in [-0.1, -0.05) is 18.2 Å². The van der Waals surface area contributed by atoms with Crippen LogP contribution in [0.3, 0.4) is 0 Å². The van der Waals surface area contributed by atoms with Crippen molar-refractivity contribution in [2.24, 2.45) is 18.7 Å². The predicted molar refractivity (Wildman–Crippen MR) is 95.7 cm³/mol. The molecule has 3 saturated heterocycles. The molecular formula is C19H24N4O. The quantitative estimate of drug-likeness (QED) is 0.850. The van der Waals surface area contributed by atoms with Crippen LogP contribution >= 0.6 is 0 Å². The van der Waals surface area contributed by atoms with E-state index in [2.05, 4.69) is 11.0 Å². The van der Waals surface area contributed by atoms with Gasteiger partial charge in [-0.3, -0.25) is 4.79 Å². The van der Waals surface area contributed by atoms with Crippen LogP contribution in [0.5, 0.6) is 0 Å². The summed E-state index contributed by atoms with van der Waals surface area (Å²) in [6, 6.07) is 9.91. The molecule has 1 atom stereocenters. The Balaban J connectivity index is 1.84. The SMILES string of the molecule is Cn1c(-c2ccccc2N)cc([C@@H]2CN3CCC2CC3)c1C(N)=O. The van der Waals surface area contributed by atoms with Crippen LogP contribution in [0.4, 0.5) is 5.69 Å². The van der Waals surface area contributed by atoms with Gasteiger partial charge in [-0.25, -0.2) is 0 Å². The van der Waals surface area contributed by atoms with Gasteiger partial charge in [0.15, 0.2) is 0 Å². The van der Waals surface area contributed by atoms with Gasteiger partial charge in [0.1, 0.15) is 5.69 Å². The fourth-order valence-electron chi connectivity index (χ4n) is 4.52. The number of primary amides is 1. The summed E-state index contributed by atoms with van der Waals surface area (Å²) in [4.78, 5) is 14.7. The van der Waals surface area contributed by atoms with Gasteiger partial charge in [0.25, 0.3) is 5.91 Å². The van der Waals surface area contributed by atoms with Crippen molar-refractivity contribution in [1.82, 2.24) is 9.47 Å². The number of nitrogen functional groups attached to an aromatic ring is 1. The van der Waals surface area contributed by atoms with Gasteiger partial charge in [0, 0.05) is 30.8 Å². The standard InChI is InChI=1S/C19H24N4O/c1-22-17(13-4-2-3-5-16(13)20)10-14(18(22)19(21)24)15-11-23-8-6-12(15)7-9-23/h2-5,10,12,15H,6-9,11,20H2,1H3,(H2,21,24)/t15-/m1/s1. The first-order chi connectivity index (χ1) is 11.6. The molecule has 1 aromatic carbocycles. The fraction of sp³-hybridized carbons (Fsp3) is 0.421. The molecule has 2 aromatic rings. The van der Waals surface area contributed by atoms with E-state index < -0.39 is 0 Å². The summed E-state index contributed by atoms with van der Waals surface area (Å²) in [5.41, 5.74) is 16.3. The minimum Gasteiger partial charge on any atom is -0.398 e. The Hall–Kier alpha value is -2.27. The maximum absolute atomic E-state index is 12.2. The predicted octanol–water partition coefficient (Wildman–Crippen LogP) is 2.18. The number of para-hydroxylation sites is 1. The van der Waals surface area contributed by atoms with Crippen LogP contribution in [0.15, 0.2) is 30.3 Å². The van der Waals surface area contributed by atoms with Gasteiger partial charge in [-0.05, 0) is 49.5 Å². The molecule has 1 amide bonds. The zero-order valence-electron chi connectivity index (χ0n) is 14.0. The Morgan fingerprint density at radius 1 is 1.21 bits per heavy atom. The molecule has 4 N–H and O–H groups in total. The van der Waals surface area contributed by atoms with Crippen LogP contribution in [0.1, 0.15) is 34.8 Å². The van der Waals surface area contributed by atoms with Crippen LogP contribution in [0.25, 0.3) is 11.3 Å². The van der Waals surface area contributed by atoms with Crippen molar-refractivity contribution in [3.05, 3.63) is 41.6 Å². The number of rotatable bonds is 3. The van der Waals surface area contributed by atoms with Crippen LogP contribution in [-0.4, -0.2) is 35.0 Å². The van der Waals surface area contributed by atoms with Crippen molar-refractivity contribution in [3.63, 3.8) is 0 Å². The molecule has 0 aliphatic carbocycles. The molecule has 0 unspecified atom stereocenters. The topological polar surface area (TPSA) is 77.3 Å². The minimum atomic E-state index is -0.357. The number of aromatic nitrogens is 1. The monoisotopic (exact) mass is 324 g/mol. The lowest BCUT2D eigenvalue weighted by Gasteiger charge is -2.45. The first kappa shape index (κ1) is 15.3. The van der Waals surface area contributed by atoms with E-state index in [1.807, 2.05) is 35.9 Å². The number of carbonyl (C=O) groups excluding carboxylic acids is 1. The van der Waals surface area contributed by atoms with Crippen molar-refractivity contribution < 1.29 is 4.79 Å². The molecule has 0 saturated carbocycles. The van der Waals surface area contributed by atoms with E-state index in [0.717, 1.165) is 29.1 Å². The first-order valence-electron chi connectivity index (χ1n) is 8.63. The largest absolute Gasteiger partial charge is 0.398 e. The Bertz CT molecular complexity index is 787. The van der Waals surface area contributed by atoms with Gasteiger partial charge < -0.3 is 20.9 Å². The maximum Gasteiger partial charge on any atom is 0.265 e. The van der Waals surface area contributed by atoms with E-state index in [4.69, 9.17) is 11.5 Å². The number of benzene rings is 1. The van der Waals surface area contributed by atoms with E-state index >= 15 is 0 Å². The van der Waals surface area contributed by atoms with Crippen molar-refractivity contribution in [2.75, 3.05) is 25.4 Å². The highest BCUT2D eigenvalue weighted by atomic mass is 16.1. The summed E-state index contributed by atoms with van der Waals surface area (Å²) < 4.78 is 1.92. The number of hydrogen-bond acceptors (Lipinski definition) is 3. The maximum atomic E-state index is 12.2. The number of hydrogen-bond donors (Lipinski definition) is 2. The normalized spacial score (nSPS) is 25.8. The summed E-state index contributed by atoms with van der Waals surface area (Å²) in [5.74, 6) is 0.682. The van der Waals surface area contributed by atoms with Crippen LogP contribution in [0, 0.1) is 5.92 Å². The minimum absolute atomic E-state index is 0.357. The number of amides is 1. The number of fused-ring (bicyclic) bond motifs is 3. The number of nitrogens with zero attached hydrogens (tertiary/aromatic N) is 2. The summed E-state index contributed by atoms with van der Waals surface area (Å²) in [6.07, 6.45) is 2.42. The molecule has 0 radical (unpaired) electrons. The second-order valence-corrected chi connectivity index (χ2v) is 7.09. The Labute approximate surface area is 142 Å². The van der Waals surface area contributed by atoms with E-state index in [1.165, 1.54) is 25.9 Å². The number of piperidine rings is 3. The third-order valence-electron chi connectivity index (χ3n) is 5.79. The van der Waals surface area contributed by atoms with Crippen LogP contribution < -0.4 is 11.5 Å². The highest BCUT2D eigenvalue weighted by Crippen LogP contribution is 2.42. The van der Waals surface area contributed by atoms with Gasteiger partial charge in [0.05, 0.1) is 5.69 Å². The van der Waals surface area contributed by atoms with Gasteiger partial charge in [-0.2, -0.15) is 0 Å². The second-order valence-electron chi connectivity index (χ2n) is 7.09. The molecule has 3 aliphatic heterocycles. The third-order valence-corrected chi connectivity index (χ3v) is 5.79. The molecule has 1 aromatic heterocycles. The van der Waals surface area contributed by atoms with E-state index in [-0.39, 0.29) is 5.91 Å². The summed E-state index contributed by atoms with van der Waals surface area (Å²) in [7, 11) is 1.91. The van der Waals surface area contributed by atoms with Crippen LogP contribution in [0.2, 0.25) is 0 Å². The molecule has 0 spiro atoms. The smallest absolute Gasteiger partial charge is 0.265 e. The molecular weight excluding hydrogens is 300 g/mol. The lowest BCUT2D eigenvalue weighted by atomic mass is 9.75. The average Bonchev–Trinajstić information content (AvgIpc) is 2.93. The van der Waals surface area contributed by atoms with Crippen molar-refractivity contribution in [2.45, 2.75) is 18.8 Å². The molecule has 2 bridgehead atoms. The zero-order valence-corrected chi connectivity index (χ0v) is 14.0. The second kappa shape index (κ2) is 5.67. The molecule has 5 rings (SSSR count). The Morgan fingerprint density at radius 2 is 1.92 bits per heavy atom. The number of nitrogens with two attached hydrogens (primary N) is 2. The van der Waals surface area contributed by atoms with E-state index in [1.54, 1.807) is 0 Å². The van der Waals surface area contributed by atoms with Gasteiger partial charge >= 0.3 is 0 Å². The third kappa shape index (κ3) is 2.31. The van der Waals surface area contributed by atoms with E-state index in [0.29, 0.717) is 17.5 Å². The summed E-state index contributed by atoms with van der Waals surface area (Å²) in [6.45, 7) is 3.38. The summed E-state index contributed by atoms with van der Waals surface area (Å²) in [5, 5.41) is 0. The number of anilines is 1. The molecule has 5 heteroatoms. The highest BCUT2D eigenvalue weighted by Gasteiger charge is 2.38. The molecule has 4 heterocycles. The molecule has 3 aliphatic rings. The Kier molecular flexibility index (Phi) is 3.61. The highest BCUT2D eigenvalue weighted by molar-refractivity contribution is 5.95. The lowest BCUT2D eigenvalue weighted by Crippen LogP contribution is -2.46.